The number of hydrogen-bond acceptors (Lipinski definition) is 5. The van der Waals surface area contributed by atoms with Crippen molar-refractivity contribution in [2.45, 2.75) is 26.5 Å². The van der Waals surface area contributed by atoms with Crippen molar-refractivity contribution < 1.29 is 24.2 Å². The Morgan fingerprint density at radius 3 is 2.48 bits per heavy atom. The van der Waals surface area contributed by atoms with E-state index in [9.17, 15) is 14.4 Å². The van der Waals surface area contributed by atoms with E-state index >= 15 is 0 Å². The molecule has 142 valence electrons. The number of hydrogen-bond donors (Lipinski definition) is 2. The van der Waals surface area contributed by atoms with Gasteiger partial charge in [-0.2, -0.15) is 0 Å². The molecule has 0 aromatic heterocycles. The molecule has 0 aliphatic carbocycles. The van der Waals surface area contributed by atoms with Gasteiger partial charge >= 0.3 is 5.97 Å². The molecule has 2 aliphatic heterocycles. The maximum atomic E-state index is 12.2. The standard InChI is InChI=1S/C20H22N2O5/c1-12-18(20(26)27-19(12)21-13(2)24)16-5-3-14(4-6-16)15-7-9-22(10-8-15)17(25)11-23/h3-7,19,23H,8-11H2,1-2H3,(H,21,24)/t19-/m1/s1. The number of cyclic esters (lactones) is 1. The average Bonchev–Trinajstić information content (AvgIpc) is 2.94. The second kappa shape index (κ2) is 7.75. The summed E-state index contributed by atoms with van der Waals surface area (Å²) in [6.07, 6.45) is 1.97. The third kappa shape index (κ3) is 3.93. The second-order valence-electron chi connectivity index (χ2n) is 6.60. The van der Waals surface area contributed by atoms with Crippen LogP contribution in [0.1, 0.15) is 31.4 Å². The summed E-state index contributed by atoms with van der Waals surface area (Å²) in [5.74, 6) is -0.979. The molecule has 2 aliphatic rings. The summed E-state index contributed by atoms with van der Waals surface area (Å²) in [5, 5.41) is 11.5. The Morgan fingerprint density at radius 1 is 1.26 bits per heavy atom. The van der Waals surface area contributed by atoms with E-state index in [1.165, 1.54) is 6.92 Å². The van der Waals surface area contributed by atoms with Gasteiger partial charge in [0.2, 0.25) is 11.8 Å². The predicted octanol–water partition coefficient (Wildman–Crippen LogP) is 1.09. The lowest BCUT2D eigenvalue weighted by molar-refractivity contribution is -0.140. The van der Waals surface area contributed by atoms with Crippen molar-refractivity contribution in [3.8, 4) is 0 Å². The first-order valence-electron chi connectivity index (χ1n) is 8.78. The van der Waals surface area contributed by atoms with Crippen molar-refractivity contribution in [1.82, 2.24) is 10.2 Å². The zero-order chi connectivity index (χ0) is 19.6. The largest absolute Gasteiger partial charge is 0.434 e. The summed E-state index contributed by atoms with van der Waals surface area (Å²) < 4.78 is 5.23. The van der Waals surface area contributed by atoms with Gasteiger partial charge in [0.1, 0.15) is 6.61 Å². The van der Waals surface area contributed by atoms with Crippen LogP contribution in [0.2, 0.25) is 0 Å². The van der Waals surface area contributed by atoms with E-state index in [1.807, 2.05) is 30.3 Å². The number of esters is 1. The predicted molar refractivity (Wildman–Crippen MR) is 99.0 cm³/mol. The number of nitrogens with zero attached hydrogens (tertiary/aromatic N) is 1. The number of amides is 2. The van der Waals surface area contributed by atoms with Crippen LogP contribution in [0.5, 0.6) is 0 Å². The van der Waals surface area contributed by atoms with Crippen molar-refractivity contribution in [2.24, 2.45) is 0 Å². The van der Waals surface area contributed by atoms with Crippen LogP contribution in [-0.4, -0.2) is 53.7 Å². The van der Waals surface area contributed by atoms with Crippen LogP contribution in [0.25, 0.3) is 11.1 Å². The van der Waals surface area contributed by atoms with Gasteiger partial charge < -0.3 is 20.1 Å². The Labute approximate surface area is 157 Å². The molecular formula is C20H22N2O5. The highest BCUT2D eigenvalue weighted by Crippen LogP contribution is 2.31. The molecule has 0 saturated carbocycles. The fraction of sp³-hybridized carbons (Fsp3) is 0.350. The van der Waals surface area contributed by atoms with Gasteiger partial charge in [0.15, 0.2) is 6.23 Å². The summed E-state index contributed by atoms with van der Waals surface area (Å²) in [5.41, 5.74) is 4.04. The first kappa shape index (κ1) is 18.8. The van der Waals surface area contributed by atoms with Gasteiger partial charge in [0.05, 0.1) is 5.57 Å². The van der Waals surface area contributed by atoms with Gasteiger partial charge in [-0.15, -0.1) is 0 Å². The van der Waals surface area contributed by atoms with Crippen LogP contribution in [0.15, 0.2) is 35.9 Å². The highest BCUT2D eigenvalue weighted by Gasteiger charge is 2.32. The lowest BCUT2D eigenvalue weighted by atomic mass is 9.95. The van der Waals surface area contributed by atoms with Crippen LogP contribution in [0.4, 0.5) is 0 Å². The summed E-state index contributed by atoms with van der Waals surface area (Å²) >= 11 is 0. The van der Waals surface area contributed by atoms with Crippen molar-refractivity contribution in [1.29, 1.82) is 0 Å². The maximum absolute atomic E-state index is 12.2. The summed E-state index contributed by atoms with van der Waals surface area (Å²) in [7, 11) is 0. The van der Waals surface area contributed by atoms with Crippen molar-refractivity contribution in [2.75, 3.05) is 19.7 Å². The molecule has 1 aromatic rings. The highest BCUT2D eigenvalue weighted by atomic mass is 16.6. The van der Waals surface area contributed by atoms with E-state index in [0.29, 0.717) is 30.7 Å². The molecule has 2 heterocycles. The van der Waals surface area contributed by atoms with E-state index in [0.717, 1.165) is 16.7 Å². The molecule has 27 heavy (non-hydrogen) atoms. The summed E-state index contributed by atoms with van der Waals surface area (Å²) in [6.45, 7) is 3.72. The zero-order valence-corrected chi connectivity index (χ0v) is 15.3. The van der Waals surface area contributed by atoms with Crippen molar-refractivity contribution in [3.05, 3.63) is 47.0 Å². The monoisotopic (exact) mass is 370 g/mol. The third-order valence-corrected chi connectivity index (χ3v) is 4.79. The molecule has 3 rings (SSSR count). The number of nitrogens with one attached hydrogen (secondary N) is 1. The molecule has 1 atom stereocenters. The van der Waals surface area contributed by atoms with Crippen molar-refractivity contribution in [3.63, 3.8) is 0 Å². The number of benzene rings is 1. The summed E-state index contributed by atoms with van der Waals surface area (Å²) in [4.78, 5) is 36.6. The third-order valence-electron chi connectivity index (χ3n) is 4.79. The minimum Gasteiger partial charge on any atom is -0.434 e. The van der Waals surface area contributed by atoms with Gasteiger partial charge in [0.25, 0.3) is 0 Å². The number of ether oxygens (including phenoxy) is 1. The quantitative estimate of drug-likeness (QED) is 0.774. The van der Waals surface area contributed by atoms with Gasteiger partial charge in [-0.3, -0.25) is 9.59 Å². The lowest BCUT2D eigenvalue weighted by Crippen LogP contribution is -2.36. The lowest BCUT2D eigenvalue weighted by Gasteiger charge is -2.26. The molecule has 0 unspecified atom stereocenters. The molecule has 2 amide bonds. The number of aliphatic hydroxyl groups is 1. The van der Waals surface area contributed by atoms with E-state index in [4.69, 9.17) is 9.84 Å². The minimum atomic E-state index is -0.722. The zero-order valence-electron chi connectivity index (χ0n) is 15.3. The van der Waals surface area contributed by atoms with Gasteiger partial charge in [-0.05, 0) is 30.0 Å². The molecule has 7 nitrogen and oxygen atoms in total. The molecule has 0 spiro atoms. The Balaban J connectivity index is 1.77. The van der Waals surface area contributed by atoms with Crippen LogP contribution < -0.4 is 5.32 Å². The molecule has 0 saturated heterocycles. The average molecular weight is 370 g/mol. The molecular weight excluding hydrogens is 348 g/mol. The van der Waals surface area contributed by atoms with E-state index in [2.05, 4.69) is 5.32 Å². The van der Waals surface area contributed by atoms with E-state index < -0.39 is 18.8 Å². The van der Waals surface area contributed by atoms with Crippen LogP contribution in [0.3, 0.4) is 0 Å². The SMILES string of the molecule is CC(=O)N[C@@H]1OC(=O)C(c2ccc(C3=CCN(C(=O)CO)CC3)cc2)=C1C. The second-order valence-corrected chi connectivity index (χ2v) is 6.60. The number of aliphatic hydroxyl groups excluding tert-OH is 1. The van der Waals surface area contributed by atoms with Gasteiger partial charge in [-0.25, -0.2) is 4.79 Å². The summed E-state index contributed by atoms with van der Waals surface area (Å²) in [6, 6.07) is 7.59. The van der Waals surface area contributed by atoms with E-state index in [-0.39, 0.29) is 11.8 Å². The maximum Gasteiger partial charge on any atom is 0.341 e. The highest BCUT2D eigenvalue weighted by molar-refractivity contribution is 6.19. The first-order chi connectivity index (χ1) is 12.9. The van der Waals surface area contributed by atoms with E-state index in [1.54, 1.807) is 11.8 Å². The number of carbonyl (C=O) groups excluding carboxylic acids is 3. The topological polar surface area (TPSA) is 95.9 Å². The van der Waals surface area contributed by atoms with Crippen LogP contribution in [-0.2, 0) is 19.1 Å². The van der Waals surface area contributed by atoms with Crippen molar-refractivity contribution >= 4 is 28.9 Å². The minimum absolute atomic E-state index is 0.262. The fourth-order valence-electron chi connectivity index (χ4n) is 3.32. The molecule has 0 bridgehead atoms. The molecule has 1 aromatic carbocycles. The molecule has 0 fully saturated rings. The van der Waals surface area contributed by atoms with Gasteiger partial charge in [-0.1, -0.05) is 30.3 Å². The Bertz CT molecular complexity index is 838. The number of rotatable bonds is 4. The smallest absolute Gasteiger partial charge is 0.341 e. The Hall–Kier alpha value is -2.93. The first-order valence-corrected chi connectivity index (χ1v) is 8.78. The van der Waals surface area contributed by atoms with Crippen LogP contribution >= 0.6 is 0 Å². The normalized spacial score (nSPS) is 19.7. The fourth-order valence-corrected chi connectivity index (χ4v) is 3.32. The van der Waals surface area contributed by atoms with Crippen LogP contribution in [0, 0.1) is 0 Å². The Morgan fingerprint density at radius 2 is 1.93 bits per heavy atom. The molecule has 2 N–H and O–H groups in total. The Kier molecular flexibility index (Phi) is 5.41. The number of carbonyl (C=O) groups is 3. The molecule has 0 radical (unpaired) electrons. The van der Waals surface area contributed by atoms with Gasteiger partial charge in [0, 0.05) is 25.6 Å². The molecule has 7 heteroatoms.